The van der Waals surface area contributed by atoms with E-state index in [2.05, 4.69) is 10.2 Å². The summed E-state index contributed by atoms with van der Waals surface area (Å²) in [5, 5.41) is 26.1. The van der Waals surface area contributed by atoms with Gasteiger partial charge in [0.1, 0.15) is 11.7 Å². The molecule has 3 N–H and O–H groups in total. The molecule has 3 aliphatic carbocycles. The van der Waals surface area contributed by atoms with Gasteiger partial charge < -0.3 is 25.0 Å². The van der Waals surface area contributed by atoms with Crippen molar-refractivity contribution in [2.45, 2.75) is 55.3 Å². The van der Waals surface area contributed by atoms with Gasteiger partial charge in [-0.2, -0.15) is 0 Å². The molecule has 1 spiro atoms. The van der Waals surface area contributed by atoms with Crippen molar-refractivity contribution in [2.75, 3.05) is 25.5 Å². The maximum Gasteiger partial charge on any atom is 0.235 e. The molecule has 7 rings (SSSR count). The van der Waals surface area contributed by atoms with Gasteiger partial charge in [-0.15, -0.1) is 0 Å². The molecule has 36 heavy (non-hydrogen) atoms. The average Bonchev–Trinajstić information content (AvgIpc) is 3.61. The van der Waals surface area contributed by atoms with Gasteiger partial charge >= 0.3 is 0 Å². The van der Waals surface area contributed by atoms with Crippen LogP contribution in [0.5, 0.6) is 17.2 Å². The fourth-order valence-corrected chi connectivity index (χ4v) is 7.43. The van der Waals surface area contributed by atoms with E-state index in [1.807, 2.05) is 6.07 Å². The van der Waals surface area contributed by atoms with Gasteiger partial charge in [0.15, 0.2) is 23.4 Å². The normalized spacial score (nSPS) is 34.1. The Morgan fingerprint density at radius 2 is 2.00 bits per heavy atom. The highest BCUT2D eigenvalue weighted by atomic mass is 16.5. The minimum atomic E-state index is -1.33. The van der Waals surface area contributed by atoms with Crippen molar-refractivity contribution in [2.24, 2.45) is 11.8 Å². The predicted molar refractivity (Wildman–Crippen MR) is 130 cm³/mol. The van der Waals surface area contributed by atoms with E-state index >= 15 is 0 Å². The quantitative estimate of drug-likeness (QED) is 0.553. The molecule has 2 aromatic rings. The molecule has 5 aliphatic rings. The number of phenolic OH excluding ortho intramolecular Hbond substituents is 1. The lowest BCUT2D eigenvalue weighted by atomic mass is 9.47. The lowest BCUT2D eigenvalue weighted by Gasteiger charge is -2.63. The number of hydrogen-bond donors (Lipinski definition) is 3. The lowest BCUT2D eigenvalue weighted by molar-refractivity contribution is -0.197. The van der Waals surface area contributed by atoms with E-state index in [0.29, 0.717) is 35.9 Å². The number of likely N-dealkylation sites (tertiary alicyclic amines) is 1. The van der Waals surface area contributed by atoms with Crippen LogP contribution in [0.4, 0.5) is 5.69 Å². The maximum atomic E-state index is 13.9. The van der Waals surface area contributed by atoms with Crippen molar-refractivity contribution in [1.29, 1.82) is 0 Å². The van der Waals surface area contributed by atoms with Gasteiger partial charge in [-0.05, 0) is 80.5 Å². The number of nitrogens with zero attached hydrogens (tertiary/aromatic N) is 1. The molecule has 2 heterocycles. The number of benzene rings is 2. The summed E-state index contributed by atoms with van der Waals surface area (Å²) in [7, 11) is 1.57. The van der Waals surface area contributed by atoms with Crippen LogP contribution >= 0.6 is 0 Å². The summed E-state index contributed by atoms with van der Waals surface area (Å²) in [6, 6.07) is 10.2. The Morgan fingerprint density at radius 1 is 1.22 bits per heavy atom. The molecule has 2 aromatic carbocycles. The number of nitrogens with one attached hydrogen (secondary N) is 1. The molecule has 188 valence electrons. The average molecular weight is 491 g/mol. The van der Waals surface area contributed by atoms with Gasteiger partial charge in [-0.1, -0.05) is 6.07 Å². The third-order valence-corrected chi connectivity index (χ3v) is 9.30. The zero-order valence-electron chi connectivity index (χ0n) is 20.2. The van der Waals surface area contributed by atoms with Crippen molar-refractivity contribution in [1.82, 2.24) is 4.90 Å². The highest BCUT2D eigenvalue weighted by molar-refractivity contribution is 6.10. The van der Waals surface area contributed by atoms with E-state index in [9.17, 15) is 19.8 Å². The number of carbonyl (C=O) groups is 2. The van der Waals surface area contributed by atoms with Crippen LogP contribution in [0.25, 0.3) is 0 Å². The smallest absolute Gasteiger partial charge is 0.235 e. The van der Waals surface area contributed by atoms with E-state index in [1.54, 1.807) is 37.4 Å². The van der Waals surface area contributed by atoms with E-state index in [1.165, 1.54) is 12.8 Å². The number of ether oxygens (including phenoxy) is 2. The summed E-state index contributed by atoms with van der Waals surface area (Å²) < 4.78 is 11.4. The standard InChI is InChI=1S/C28H30N2O6/c1-35-18-7-5-17(6-8-18)29-26(33)19-13-28(34)21-12-16-4-9-20(31)24-22(16)27(28,25(36-24)23(19)32)10-11-30(21)14-15-2-3-15/h4-9,15,19,21,25,31,34H,2-3,10-14H2,1H3,(H,29,33)/t19?,21-,25+,27+,28-/m1/s1. The van der Waals surface area contributed by atoms with E-state index in [0.717, 1.165) is 24.2 Å². The number of Topliss-reactive ketones (excluding diaryl/α,β-unsaturated/α-hetero) is 1. The summed E-state index contributed by atoms with van der Waals surface area (Å²) in [5.41, 5.74) is 0.0738. The van der Waals surface area contributed by atoms with Crippen LogP contribution in [0, 0.1) is 11.8 Å². The molecule has 2 saturated carbocycles. The summed E-state index contributed by atoms with van der Waals surface area (Å²) in [6.45, 7) is 1.68. The van der Waals surface area contributed by atoms with Gasteiger partial charge in [-0.25, -0.2) is 0 Å². The Bertz CT molecular complexity index is 1270. The van der Waals surface area contributed by atoms with E-state index in [4.69, 9.17) is 9.47 Å². The van der Waals surface area contributed by atoms with Crippen molar-refractivity contribution < 1.29 is 29.3 Å². The molecule has 5 atom stereocenters. The van der Waals surface area contributed by atoms with Gasteiger partial charge in [0.25, 0.3) is 0 Å². The van der Waals surface area contributed by atoms with Crippen LogP contribution in [-0.2, 0) is 21.4 Å². The number of methoxy groups -OCH3 is 1. The number of piperidine rings is 1. The first kappa shape index (κ1) is 22.1. The molecule has 1 unspecified atom stereocenters. The van der Waals surface area contributed by atoms with Crippen LogP contribution in [0.2, 0.25) is 0 Å². The molecular formula is C28H30N2O6. The van der Waals surface area contributed by atoms with Gasteiger partial charge in [-0.3, -0.25) is 14.5 Å². The van der Waals surface area contributed by atoms with Crippen LogP contribution in [0.3, 0.4) is 0 Å². The number of carbonyl (C=O) groups excluding carboxylic acids is 2. The minimum Gasteiger partial charge on any atom is -0.504 e. The van der Waals surface area contributed by atoms with Gasteiger partial charge in [0, 0.05) is 23.8 Å². The highest BCUT2D eigenvalue weighted by Crippen LogP contribution is 2.65. The molecule has 1 saturated heterocycles. The van der Waals surface area contributed by atoms with Crippen molar-refractivity contribution >= 4 is 17.4 Å². The zero-order chi connectivity index (χ0) is 24.8. The first-order valence-corrected chi connectivity index (χ1v) is 12.8. The maximum absolute atomic E-state index is 13.9. The Morgan fingerprint density at radius 3 is 2.72 bits per heavy atom. The molecule has 2 aliphatic heterocycles. The molecule has 2 bridgehead atoms. The predicted octanol–water partition coefficient (Wildman–Crippen LogP) is 2.40. The fourth-order valence-electron chi connectivity index (χ4n) is 7.43. The summed E-state index contributed by atoms with van der Waals surface area (Å²) in [4.78, 5) is 29.7. The van der Waals surface area contributed by atoms with Crippen LogP contribution in [0.1, 0.15) is 36.8 Å². The number of aliphatic hydroxyl groups is 1. The molecular weight excluding hydrogens is 460 g/mol. The Hall–Kier alpha value is -3.10. The molecule has 8 heteroatoms. The van der Waals surface area contributed by atoms with Crippen LogP contribution in [0.15, 0.2) is 36.4 Å². The Balaban J connectivity index is 1.29. The van der Waals surface area contributed by atoms with Gasteiger partial charge in [0.05, 0.1) is 18.1 Å². The second-order valence-electron chi connectivity index (χ2n) is 11.1. The lowest BCUT2D eigenvalue weighted by Crippen LogP contribution is -2.78. The highest BCUT2D eigenvalue weighted by Gasteiger charge is 2.75. The first-order valence-electron chi connectivity index (χ1n) is 12.8. The number of aromatic hydroxyl groups is 1. The summed E-state index contributed by atoms with van der Waals surface area (Å²) in [5.74, 6) is -0.249. The molecule has 0 aromatic heterocycles. The van der Waals surface area contributed by atoms with E-state index in [-0.39, 0.29) is 24.0 Å². The number of rotatable bonds is 5. The molecule has 8 nitrogen and oxygen atoms in total. The van der Waals surface area contributed by atoms with Crippen LogP contribution in [-0.4, -0.2) is 64.7 Å². The minimum absolute atomic E-state index is 0.0224. The third-order valence-electron chi connectivity index (χ3n) is 9.30. The van der Waals surface area contributed by atoms with Crippen LogP contribution < -0.4 is 14.8 Å². The second-order valence-corrected chi connectivity index (χ2v) is 11.1. The van der Waals surface area contributed by atoms with Crippen molar-refractivity contribution in [3.63, 3.8) is 0 Å². The Labute approximate surface area is 209 Å². The molecule has 1 amide bonds. The monoisotopic (exact) mass is 490 g/mol. The fraction of sp³-hybridized carbons (Fsp3) is 0.500. The second kappa shape index (κ2) is 7.46. The van der Waals surface area contributed by atoms with Crippen molar-refractivity contribution in [3.8, 4) is 17.2 Å². The zero-order valence-corrected chi connectivity index (χ0v) is 20.2. The topological polar surface area (TPSA) is 108 Å². The summed E-state index contributed by atoms with van der Waals surface area (Å²) in [6.07, 6.45) is 2.60. The van der Waals surface area contributed by atoms with Crippen molar-refractivity contribution in [3.05, 3.63) is 47.5 Å². The van der Waals surface area contributed by atoms with E-state index < -0.39 is 28.9 Å². The first-order chi connectivity index (χ1) is 17.4. The number of anilines is 1. The number of phenols is 1. The molecule has 3 fully saturated rings. The molecule has 0 radical (unpaired) electrons. The largest absolute Gasteiger partial charge is 0.504 e. The number of hydrogen-bond acceptors (Lipinski definition) is 7. The van der Waals surface area contributed by atoms with Gasteiger partial charge in [0.2, 0.25) is 5.91 Å². The summed E-state index contributed by atoms with van der Waals surface area (Å²) >= 11 is 0. The third kappa shape index (κ3) is 2.82. The SMILES string of the molecule is COc1ccc(NC(=O)C2C[C@@]3(O)[C@H]4Cc5ccc(O)c6c5[C@@]3(CCN4CC3CC3)[C@@H](O6)C2=O)cc1. The number of ketones is 1. The Kier molecular flexibility index (Phi) is 4.58. The number of amides is 1.